The Morgan fingerprint density at radius 3 is 2.88 bits per heavy atom. The van der Waals surface area contributed by atoms with Crippen LogP contribution in [0.15, 0.2) is 42.5 Å². The molecule has 0 N–H and O–H groups in total. The summed E-state index contributed by atoms with van der Waals surface area (Å²) in [5.74, 6) is 0.217. The fraction of sp³-hybridized carbons (Fsp3) is 0.400. The van der Waals surface area contributed by atoms with Crippen molar-refractivity contribution in [1.29, 1.82) is 0 Å². The number of nitrogens with zero attached hydrogens (tertiary/aromatic N) is 2. The van der Waals surface area contributed by atoms with Crippen LogP contribution >= 0.6 is 0 Å². The van der Waals surface area contributed by atoms with Crippen molar-refractivity contribution in [2.24, 2.45) is 0 Å². The predicted octanol–water partition coefficient (Wildman–Crippen LogP) is 1.73. The minimum absolute atomic E-state index is 0.258. The van der Waals surface area contributed by atoms with Crippen molar-refractivity contribution in [3.05, 3.63) is 48.1 Å². The molecule has 0 aliphatic carbocycles. The normalized spacial score (nSPS) is 18.5. The zero-order chi connectivity index (χ0) is 18.2. The Hall–Kier alpha value is -2.44. The molecule has 1 aromatic carbocycles. The minimum Gasteiger partial charge on any atom is -0.492 e. The zero-order valence-electron chi connectivity index (χ0n) is 14.8. The molecule has 0 aromatic heterocycles. The van der Waals surface area contributed by atoms with Gasteiger partial charge in [0.15, 0.2) is 0 Å². The van der Waals surface area contributed by atoms with Crippen molar-refractivity contribution in [3.63, 3.8) is 0 Å². The molecular weight excluding hydrogens is 332 g/mol. The molecule has 138 valence electrons. The minimum atomic E-state index is -0.294. The monoisotopic (exact) mass is 356 g/mol. The molecule has 3 rings (SSSR count). The van der Waals surface area contributed by atoms with Crippen LogP contribution in [0.3, 0.4) is 0 Å². The Bertz CT molecular complexity index is 693. The number of rotatable bonds is 6. The van der Waals surface area contributed by atoms with Crippen molar-refractivity contribution in [1.82, 2.24) is 9.80 Å². The first kappa shape index (κ1) is 18.4. The van der Waals surface area contributed by atoms with Gasteiger partial charge in [0.2, 0.25) is 0 Å². The average molecular weight is 356 g/mol. The molecule has 0 bridgehead atoms. The Balaban J connectivity index is 1.50. The first-order valence-electron chi connectivity index (χ1n) is 8.95. The largest absolute Gasteiger partial charge is 0.492 e. The Morgan fingerprint density at radius 2 is 2.08 bits per heavy atom. The zero-order valence-corrected chi connectivity index (χ0v) is 14.8. The van der Waals surface area contributed by atoms with Gasteiger partial charge in [0.1, 0.15) is 12.4 Å². The molecule has 2 amide bonds. The van der Waals surface area contributed by atoms with Crippen LogP contribution < -0.4 is 4.74 Å². The molecule has 0 radical (unpaired) electrons. The van der Waals surface area contributed by atoms with E-state index in [1.807, 2.05) is 24.3 Å². The van der Waals surface area contributed by atoms with Gasteiger partial charge in [-0.1, -0.05) is 18.2 Å². The van der Waals surface area contributed by atoms with Crippen LogP contribution in [-0.4, -0.2) is 67.6 Å². The number of carbonyl (C=O) groups is 2. The van der Waals surface area contributed by atoms with Crippen LogP contribution in [0.5, 0.6) is 5.75 Å². The lowest BCUT2D eigenvalue weighted by molar-refractivity contribution is -0.139. The molecule has 0 saturated carbocycles. The number of morpholine rings is 1. The molecule has 1 aromatic rings. The predicted molar refractivity (Wildman–Crippen MR) is 98.7 cm³/mol. The highest BCUT2D eigenvalue weighted by Crippen LogP contribution is 2.15. The maximum Gasteiger partial charge on any atom is 0.253 e. The summed E-state index contributed by atoms with van der Waals surface area (Å²) in [6.45, 7) is 5.36. The van der Waals surface area contributed by atoms with E-state index in [0.29, 0.717) is 19.6 Å². The van der Waals surface area contributed by atoms with E-state index in [0.717, 1.165) is 44.2 Å². The summed E-state index contributed by atoms with van der Waals surface area (Å²) in [5.41, 5.74) is 0.863. The lowest BCUT2D eigenvalue weighted by atomic mass is 10.2. The smallest absolute Gasteiger partial charge is 0.253 e. The van der Waals surface area contributed by atoms with E-state index in [1.165, 1.54) is 17.1 Å². The van der Waals surface area contributed by atoms with Crippen LogP contribution in [0, 0.1) is 0 Å². The van der Waals surface area contributed by atoms with Crippen molar-refractivity contribution >= 4 is 17.9 Å². The van der Waals surface area contributed by atoms with Gasteiger partial charge >= 0.3 is 0 Å². The van der Waals surface area contributed by atoms with Crippen LogP contribution in [0.2, 0.25) is 0 Å². The molecule has 2 aliphatic rings. The van der Waals surface area contributed by atoms with E-state index in [2.05, 4.69) is 4.90 Å². The Kier molecular flexibility index (Phi) is 6.57. The van der Waals surface area contributed by atoms with Crippen molar-refractivity contribution in [3.8, 4) is 5.75 Å². The number of benzene rings is 1. The van der Waals surface area contributed by atoms with E-state index < -0.39 is 0 Å². The third-order valence-electron chi connectivity index (χ3n) is 4.37. The van der Waals surface area contributed by atoms with Gasteiger partial charge in [-0.05, 0) is 36.3 Å². The topological polar surface area (TPSA) is 59.1 Å². The van der Waals surface area contributed by atoms with Crippen molar-refractivity contribution in [2.75, 3.05) is 46.0 Å². The summed E-state index contributed by atoms with van der Waals surface area (Å²) < 4.78 is 11.1. The van der Waals surface area contributed by atoms with Crippen molar-refractivity contribution < 1.29 is 19.1 Å². The van der Waals surface area contributed by atoms with Crippen LogP contribution in [0.1, 0.15) is 12.0 Å². The van der Waals surface area contributed by atoms with E-state index >= 15 is 0 Å². The van der Waals surface area contributed by atoms with Gasteiger partial charge in [0.25, 0.3) is 11.8 Å². The Morgan fingerprint density at radius 1 is 1.23 bits per heavy atom. The molecule has 2 heterocycles. The molecule has 0 spiro atoms. The average Bonchev–Trinajstić information content (AvgIpc) is 2.68. The van der Waals surface area contributed by atoms with Gasteiger partial charge in [-0.2, -0.15) is 0 Å². The molecule has 0 atom stereocenters. The maximum atomic E-state index is 12.2. The number of carbonyl (C=O) groups excluding carboxylic acids is 2. The second-order valence-corrected chi connectivity index (χ2v) is 6.23. The molecule has 0 unspecified atom stereocenters. The third kappa shape index (κ3) is 5.28. The standard InChI is InChI=1S/C20H24N2O4/c23-19-6-1-2-9-22(19)20(24)8-7-17-4-3-5-18(16-17)26-15-12-21-10-13-25-14-11-21/h1,3-8,16H,2,9-15H2/b8-7+. The maximum absolute atomic E-state index is 12.2. The second kappa shape index (κ2) is 9.31. The second-order valence-electron chi connectivity index (χ2n) is 6.23. The molecule has 1 fully saturated rings. The first-order chi connectivity index (χ1) is 12.7. The molecule has 6 heteroatoms. The van der Waals surface area contributed by atoms with E-state index in [9.17, 15) is 9.59 Å². The summed E-state index contributed by atoms with van der Waals surface area (Å²) >= 11 is 0. The third-order valence-corrected chi connectivity index (χ3v) is 4.37. The molecule has 1 saturated heterocycles. The number of hydrogen-bond acceptors (Lipinski definition) is 5. The summed E-state index contributed by atoms with van der Waals surface area (Å²) in [4.78, 5) is 27.4. The number of amides is 2. The summed E-state index contributed by atoms with van der Waals surface area (Å²) in [7, 11) is 0. The lowest BCUT2D eigenvalue weighted by Crippen LogP contribution is -2.38. The summed E-state index contributed by atoms with van der Waals surface area (Å²) in [6, 6.07) is 7.58. The van der Waals surface area contributed by atoms with Crippen LogP contribution in [0.25, 0.3) is 6.08 Å². The van der Waals surface area contributed by atoms with Gasteiger partial charge in [0, 0.05) is 32.3 Å². The van der Waals surface area contributed by atoms with Crippen LogP contribution in [0.4, 0.5) is 0 Å². The lowest BCUT2D eigenvalue weighted by Gasteiger charge is -2.26. The van der Waals surface area contributed by atoms with E-state index in [-0.39, 0.29) is 11.8 Å². The fourth-order valence-corrected chi connectivity index (χ4v) is 2.89. The quantitative estimate of drug-likeness (QED) is 0.727. The van der Waals surface area contributed by atoms with Crippen molar-refractivity contribution in [2.45, 2.75) is 6.42 Å². The highest BCUT2D eigenvalue weighted by molar-refractivity contribution is 6.06. The van der Waals surface area contributed by atoms with E-state index in [1.54, 1.807) is 12.2 Å². The number of imide groups is 1. The molecular formula is C20H24N2O4. The van der Waals surface area contributed by atoms with Gasteiger partial charge in [-0.3, -0.25) is 19.4 Å². The van der Waals surface area contributed by atoms with Gasteiger partial charge < -0.3 is 9.47 Å². The van der Waals surface area contributed by atoms with E-state index in [4.69, 9.17) is 9.47 Å². The summed E-state index contributed by atoms with van der Waals surface area (Å²) in [5, 5.41) is 0. The highest BCUT2D eigenvalue weighted by Gasteiger charge is 2.18. The van der Waals surface area contributed by atoms with Gasteiger partial charge in [-0.25, -0.2) is 0 Å². The van der Waals surface area contributed by atoms with Gasteiger partial charge in [-0.15, -0.1) is 0 Å². The van der Waals surface area contributed by atoms with Crippen LogP contribution in [-0.2, 0) is 14.3 Å². The Labute approximate surface area is 153 Å². The molecule has 2 aliphatic heterocycles. The highest BCUT2D eigenvalue weighted by atomic mass is 16.5. The van der Waals surface area contributed by atoms with Gasteiger partial charge in [0.05, 0.1) is 13.2 Å². The SMILES string of the molecule is O=C1C=CCCN1C(=O)/C=C/c1cccc(OCCN2CCOCC2)c1. The fourth-order valence-electron chi connectivity index (χ4n) is 2.89. The summed E-state index contributed by atoms with van der Waals surface area (Å²) in [6.07, 6.45) is 7.08. The number of ether oxygens (including phenoxy) is 2. The molecule has 26 heavy (non-hydrogen) atoms. The molecule has 6 nitrogen and oxygen atoms in total. The first-order valence-corrected chi connectivity index (χ1v) is 8.95. The number of hydrogen-bond donors (Lipinski definition) is 0.